The first-order valence-corrected chi connectivity index (χ1v) is 7.84. The average molecular weight is 327 g/mol. The average Bonchev–Trinajstić information content (AvgIpc) is 2.87. The molecule has 0 radical (unpaired) electrons. The molecule has 1 saturated carbocycles. The molecule has 22 heavy (non-hydrogen) atoms. The monoisotopic (exact) mass is 326 g/mol. The van der Waals surface area contributed by atoms with E-state index in [1.54, 1.807) is 19.2 Å². The van der Waals surface area contributed by atoms with Crippen molar-refractivity contribution in [3.8, 4) is 5.75 Å². The lowest BCUT2D eigenvalue weighted by atomic mass is 9.86. The van der Waals surface area contributed by atoms with Crippen LogP contribution in [0.3, 0.4) is 0 Å². The van der Waals surface area contributed by atoms with Crippen molar-refractivity contribution in [2.75, 3.05) is 13.7 Å². The van der Waals surface area contributed by atoms with Gasteiger partial charge in [-0.2, -0.15) is 0 Å². The van der Waals surface area contributed by atoms with Crippen molar-refractivity contribution in [2.24, 2.45) is 5.41 Å². The molecule has 1 fully saturated rings. The molecule has 0 spiro atoms. The van der Waals surface area contributed by atoms with Gasteiger partial charge in [-0.05, 0) is 30.5 Å². The number of aliphatic hydroxyl groups is 1. The number of hydrogen-bond acceptors (Lipinski definition) is 3. The highest BCUT2D eigenvalue weighted by molar-refractivity contribution is 6.32. The molecule has 5 nitrogen and oxygen atoms in total. The molecule has 2 amide bonds. The van der Waals surface area contributed by atoms with Gasteiger partial charge >= 0.3 is 6.03 Å². The molecule has 0 aromatic heterocycles. The summed E-state index contributed by atoms with van der Waals surface area (Å²) in [5.74, 6) is 0.611. The molecule has 1 aliphatic carbocycles. The number of methoxy groups -OCH3 is 1. The van der Waals surface area contributed by atoms with Crippen LogP contribution in [0.4, 0.5) is 4.79 Å². The van der Waals surface area contributed by atoms with Crippen molar-refractivity contribution in [2.45, 2.75) is 38.8 Å². The highest BCUT2D eigenvalue weighted by Gasteiger charge is 2.39. The quantitative estimate of drug-likeness (QED) is 0.779. The van der Waals surface area contributed by atoms with Crippen LogP contribution in [0.5, 0.6) is 5.75 Å². The third-order valence-electron chi connectivity index (χ3n) is 4.42. The lowest BCUT2D eigenvalue weighted by molar-refractivity contribution is 0.121. The molecule has 2 atom stereocenters. The molecule has 122 valence electrons. The number of carbonyl (C=O) groups is 1. The summed E-state index contributed by atoms with van der Waals surface area (Å²) >= 11 is 6.06. The number of amides is 2. The molecular weight excluding hydrogens is 304 g/mol. The fourth-order valence-electron chi connectivity index (χ4n) is 2.88. The Balaban J connectivity index is 1.86. The Labute approximate surface area is 136 Å². The number of carbonyl (C=O) groups excluding carboxylic acids is 1. The highest BCUT2D eigenvalue weighted by Crippen LogP contribution is 2.37. The minimum atomic E-state index is -0.224. The van der Waals surface area contributed by atoms with Gasteiger partial charge in [0.15, 0.2) is 0 Å². The van der Waals surface area contributed by atoms with E-state index >= 15 is 0 Å². The zero-order valence-electron chi connectivity index (χ0n) is 13.0. The van der Waals surface area contributed by atoms with Gasteiger partial charge in [0, 0.05) is 18.0 Å². The number of aliphatic hydroxyl groups excluding tert-OH is 1. The zero-order chi connectivity index (χ0) is 16.2. The van der Waals surface area contributed by atoms with E-state index in [0.29, 0.717) is 17.3 Å². The Morgan fingerprint density at radius 2 is 2.32 bits per heavy atom. The van der Waals surface area contributed by atoms with Crippen LogP contribution < -0.4 is 15.4 Å². The van der Waals surface area contributed by atoms with E-state index in [9.17, 15) is 9.90 Å². The summed E-state index contributed by atoms with van der Waals surface area (Å²) in [5.41, 5.74) is 0.679. The molecule has 1 aromatic rings. The van der Waals surface area contributed by atoms with E-state index in [-0.39, 0.29) is 24.1 Å². The standard InChI is InChI=1S/C16H23ClN2O3/c1-16(10-20)7-3-4-14(16)19-15(21)18-9-11-5-6-13(22-2)12(17)8-11/h5-6,8,14,20H,3-4,7,9-10H2,1-2H3,(H2,18,19,21). The predicted molar refractivity (Wildman–Crippen MR) is 86.2 cm³/mol. The summed E-state index contributed by atoms with van der Waals surface area (Å²) in [6.45, 7) is 2.48. The van der Waals surface area contributed by atoms with Crippen LogP contribution >= 0.6 is 11.6 Å². The maximum Gasteiger partial charge on any atom is 0.315 e. The first-order valence-electron chi connectivity index (χ1n) is 7.46. The van der Waals surface area contributed by atoms with Gasteiger partial charge in [0.25, 0.3) is 0 Å². The number of nitrogens with one attached hydrogen (secondary N) is 2. The van der Waals surface area contributed by atoms with Crippen LogP contribution in [0.25, 0.3) is 0 Å². The van der Waals surface area contributed by atoms with Gasteiger partial charge in [0.2, 0.25) is 0 Å². The molecular formula is C16H23ClN2O3. The first-order chi connectivity index (χ1) is 10.5. The summed E-state index contributed by atoms with van der Waals surface area (Å²) in [6.07, 6.45) is 2.86. The van der Waals surface area contributed by atoms with E-state index in [1.807, 2.05) is 13.0 Å². The van der Waals surface area contributed by atoms with Gasteiger partial charge in [-0.15, -0.1) is 0 Å². The molecule has 1 aromatic carbocycles. The Bertz CT molecular complexity index is 538. The number of rotatable bonds is 5. The third kappa shape index (κ3) is 3.84. The van der Waals surface area contributed by atoms with Gasteiger partial charge in [-0.25, -0.2) is 4.79 Å². The number of benzene rings is 1. The molecule has 0 aliphatic heterocycles. The molecule has 2 unspecified atom stereocenters. The SMILES string of the molecule is COc1ccc(CNC(=O)NC2CCCC2(C)CO)cc1Cl. The smallest absolute Gasteiger partial charge is 0.315 e. The zero-order valence-corrected chi connectivity index (χ0v) is 13.7. The summed E-state index contributed by atoms with van der Waals surface area (Å²) in [5, 5.41) is 15.8. The normalized spacial score (nSPS) is 24.1. The van der Waals surface area contributed by atoms with Crippen LogP contribution in [-0.2, 0) is 6.54 Å². The molecule has 6 heteroatoms. The van der Waals surface area contributed by atoms with Crippen LogP contribution in [0.2, 0.25) is 5.02 Å². The van der Waals surface area contributed by atoms with Crippen molar-refractivity contribution < 1.29 is 14.6 Å². The van der Waals surface area contributed by atoms with Crippen LogP contribution in [0, 0.1) is 5.41 Å². The van der Waals surface area contributed by atoms with Crippen molar-refractivity contribution in [3.05, 3.63) is 28.8 Å². The molecule has 3 N–H and O–H groups in total. The molecule has 2 rings (SSSR count). The van der Waals surface area contributed by atoms with Crippen molar-refractivity contribution in [1.82, 2.24) is 10.6 Å². The fraction of sp³-hybridized carbons (Fsp3) is 0.562. The minimum Gasteiger partial charge on any atom is -0.495 e. The summed E-state index contributed by atoms with van der Waals surface area (Å²) in [7, 11) is 1.56. The molecule has 0 heterocycles. The van der Waals surface area contributed by atoms with Crippen molar-refractivity contribution in [1.29, 1.82) is 0 Å². The van der Waals surface area contributed by atoms with Gasteiger partial charge in [-0.1, -0.05) is 31.0 Å². The van der Waals surface area contributed by atoms with E-state index < -0.39 is 0 Å². The van der Waals surface area contributed by atoms with E-state index in [2.05, 4.69) is 10.6 Å². The second-order valence-electron chi connectivity index (χ2n) is 6.05. The summed E-state index contributed by atoms with van der Waals surface area (Å²) < 4.78 is 5.09. The first kappa shape index (κ1) is 16.9. The highest BCUT2D eigenvalue weighted by atomic mass is 35.5. The minimum absolute atomic E-state index is 0.0111. The maximum atomic E-state index is 12.0. The lowest BCUT2D eigenvalue weighted by Crippen LogP contribution is -2.48. The Hall–Kier alpha value is -1.46. The van der Waals surface area contributed by atoms with Gasteiger partial charge in [-0.3, -0.25) is 0 Å². The summed E-state index contributed by atoms with van der Waals surface area (Å²) in [6, 6.07) is 5.19. The van der Waals surface area contributed by atoms with Crippen LogP contribution in [0.15, 0.2) is 18.2 Å². The van der Waals surface area contributed by atoms with E-state index in [4.69, 9.17) is 16.3 Å². The summed E-state index contributed by atoms with van der Waals surface area (Å²) in [4.78, 5) is 12.0. The number of hydrogen-bond donors (Lipinski definition) is 3. The third-order valence-corrected chi connectivity index (χ3v) is 4.71. The Morgan fingerprint density at radius 3 is 2.95 bits per heavy atom. The predicted octanol–water partition coefficient (Wildman–Crippen LogP) is 2.70. The molecule has 0 saturated heterocycles. The second kappa shape index (κ2) is 7.20. The van der Waals surface area contributed by atoms with Gasteiger partial charge in [0.1, 0.15) is 5.75 Å². The van der Waals surface area contributed by atoms with E-state index in [0.717, 1.165) is 24.8 Å². The number of urea groups is 1. The lowest BCUT2D eigenvalue weighted by Gasteiger charge is -2.30. The molecule has 0 bridgehead atoms. The van der Waals surface area contributed by atoms with Gasteiger partial charge in [0.05, 0.1) is 18.7 Å². The largest absolute Gasteiger partial charge is 0.495 e. The molecule has 1 aliphatic rings. The van der Waals surface area contributed by atoms with E-state index in [1.165, 1.54) is 0 Å². The number of ether oxygens (including phenoxy) is 1. The second-order valence-corrected chi connectivity index (χ2v) is 6.46. The maximum absolute atomic E-state index is 12.0. The van der Waals surface area contributed by atoms with Crippen molar-refractivity contribution >= 4 is 17.6 Å². The number of halogens is 1. The Morgan fingerprint density at radius 1 is 1.55 bits per heavy atom. The fourth-order valence-corrected chi connectivity index (χ4v) is 3.16. The van der Waals surface area contributed by atoms with Crippen LogP contribution in [0.1, 0.15) is 31.7 Å². The Kier molecular flexibility index (Phi) is 5.53. The van der Waals surface area contributed by atoms with Gasteiger partial charge < -0.3 is 20.5 Å². The van der Waals surface area contributed by atoms with Crippen LogP contribution in [-0.4, -0.2) is 30.9 Å². The topological polar surface area (TPSA) is 70.6 Å². The van der Waals surface area contributed by atoms with Crippen molar-refractivity contribution in [3.63, 3.8) is 0 Å².